The van der Waals surface area contributed by atoms with Gasteiger partial charge in [-0.1, -0.05) is 19.3 Å². The molecule has 0 amide bonds. The van der Waals surface area contributed by atoms with Crippen LogP contribution < -0.4 is 5.73 Å². The predicted molar refractivity (Wildman–Crippen MR) is 85.7 cm³/mol. The molecule has 0 bridgehead atoms. The number of rotatable bonds is 6. The molecule has 108 valence electrons. The molecule has 2 N–H and O–H groups in total. The second-order valence-corrected chi connectivity index (χ2v) is 7.33. The highest BCUT2D eigenvalue weighted by molar-refractivity contribution is 9.10. The van der Waals surface area contributed by atoms with Crippen molar-refractivity contribution in [1.29, 1.82) is 0 Å². The molecule has 1 aliphatic carbocycles. The van der Waals surface area contributed by atoms with Crippen LogP contribution in [0.15, 0.2) is 15.9 Å². The molecule has 1 aromatic heterocycles. The molecular weight excluding hydrogens is 322 g/mol. The Bertz CT molecular complexity index is 376. The first kappa shape index (κ1) is 15.5. The van der Waals surface area contributed by atoms with Crippen LogP contribution in [0.3, 0.4) is 0 Å². The van der Waals surface area contributed by atoms with Crippen molar-refractivity contribution < 1.29 is 4.74 Å². The van der Waals surface area contributed by atoms with Gasteiger partial charge in [0, 0.05) is 27.4 Å². The fraction of sp³-hybridized carbons (Fsp3) is 0.733. The van der Waals surface area contributed by atoms with E-state index < -0.39 is 0 Å². The van der Waals surface area contributed by atoms with Crippen LogP contribution in [-0.4, -0.2) is 18.8 Å². The lowest BCUT2D eigenvalue weighted by molar-refractivity contribution is -0.00898. The van der Waals surface area contributed by atoms with Gasteiger partial charge in [0.05, 0.1) is 6.10 Å². The summed E-state index contributed by atoms with van der Waals surface area (Å²) in [5, 5.41) is 2.12. The molecule has 2 atom stereocenters. The summed E-state index contributed by atoms with van der Waals surface area (Å²) >= 11 is 5.28. The maximum Gasteiger partial charge on any atom is 0.0757 e. The molecule has 2 nitrogen and oxygen atoms in total. The lowest BCUT2D eigenvalue weighted by Gasteiger charge is -2.33. The fourth-order valence-electron chi connectivity index (χ4n) is 3.07. The number of halogens is 1. The molecule has 2 unspecified atom stereocenters. The number of ether oxygens (including phenoxy) is 1. The number of thiophene rings is 1. The van der Waals surface area contributed by atoms with Crippen LogP contribution in [-0.2, 0) is 11.2 Å². The van der Waals surface area contributed by atoms with Crippen LogP contribution in [0.4, 0.5) is 0 Å². The van der Waals surface area contributed by atoms with Crippen LogP contribution in [0.2, 0.25) is 0 Å². The average Bonchev–Trinajstić information content (AvgIpc) is 2.82. The SMILES string of the molecule is CCOC(C(N)Cc1cc(Br)cs1)C1CCCCC1. The van der Waals surface area contributed by atoms with E-state index in [4.69, 9.17) is 10.5 Å². The highest BCUT2D eigenvalue weighted by Gasteiger charge is 2.29. The van der Waals surface area contributed by atoms with Gasteiger partial charge in [0.15, 0.2) is 0 Å². The largest absolute Gasteiger partial charge is 0.377 e. The minimum absolute atomic E-state index is 0.119. The first-order valence-corrected chi connectivity index (χ1v) is 8.98. The molecule has 1 aromatic rings. The van der Waals surface area contributed by atoms with Crippen LogP contribution in [0.5, 0.6) is 0 Å². The van der Waals surface area contributed by atoms with Crippen LogP contribution >= 0.6 is 27.3 Å². The topological polar surface area (TPSA) is 35.2 Å². The van der Waals surface area contributed by atoms with E-state index >= 15 is 0 Å². The van der Waals surface area contributed by atoms with Gasteiger partial charge in [-0.3, -0.25) is 0 Å². The monoisotopic (exact) mass is 345 g/mol. The summed E-state index contributed by atoms with van der Waals surface area (Å²) in [5.74, 6) is 0.659. The zero-order chi connectivity index (χ0) is 13.7. The molecule has 0 aliphatic heterocycles. The van der Waals surface area contributed by atoms with E-state index in [1.165, 1.54) is 37.0 Å². The molecule has 0 spiro atoms. The molecule has 19 heavy (non-hydrogen) atoms. The Labute approximate surface area is 128 Å². The van der Waals surface area contributed by atoms with Crippen molar-refractivity contribution in [2.75, 3.05) is 6.61 Å². The quantitative estimate of drug-likeness (QED) is 0.830. The molecular formula is C15H24BrNOS. The Morgan fingerprint density at radius 1 is 1.42 bits per heavy atom. The number of nitrogens with two attached hydrogens (primary N) is 1. The van der Waals surface area contributed by atoms with Crippen LogP contribution in [0.25, 0.3) is 0 Å². The lowest BCUT2D eigenvalue weighted by Crippen LogP contribution is -2.44. The Hall–Kier alpha value is 0.1000. The fourth-order valence-corrected chi connectivity index (χ4v) is 4.60. The summed E-state index contributed by atoms with van der Waals surface area (Å²) in [6, 6.07) is 2.29. The lowest BCUT2D eigenvalue weighted by atomic mass is 9.82. The normalized spacial score (nSPS) is 20.4. The Kier molecular flexibility index (Phi) is 6.33. The third-order valence-corrected chi connectivity index (χ3v) is 5.67. The van der Waals surface area contributed by atoms with Gasteiger partial charge in [-0.15, -0.1) is 11.3 Å². The molecule has 4 heteroatoms. The smallest absolute Gasteiger partial charge is 0.0757 e. The summed E-state index contributed by atoms with van der Waals surface area (Å²) in [7, 11) is 0. The first-order valence-electron chi connectivity index (χ1n) is 7.30. The maximum atomic E-state index is 6.44. The third-order valence-electron chi connectivity index (χ3n) is 3.95. The van der Waals surface area contributed by atoms with Crippen molar-refractivity contribution in [2.45, 2.75) is 57.6 Å². The van der Waals surface area contributed by atoms with Gasteiger partial charge in [-0.05, 0) is 54.1 Å². The maximum absolute atomic E-state index is 6.44. The molecule has 1 fully saturated rings. The Morgan fingerprint density at radius 2 is 2.16 bits per heavy atom. The Morgan fingerprint density at radius 3 is 2.74 bits per heavy atom. The summed E-state index contributed by atoms with van der Waals surface area (Å²) in [6.45, 7) is 2.84. The van der Waals surface area contributed by atoms with Gasteiger partial charge in [0.1, 0.15) is 0 Å². The average molecular weight is 346 g/mol. The van der Waals surface area contributed by atoms with E-state index in [2.05, 4.69) is 34.3 Å². The standard InChI is InChI=1S/C15H24BrNOS/c1-2-18-15(11-6-4-3-5-7-11)14(17)9-13-8-12(16)10-19-13/h8,10-11,14-15H,2-7,9,17H2,1H3. The number of hydrogen-bond donors (Lipinski definition) is 1. The minimum atomic E-state index is 0.119. The summed E-state index contributed by atoms with van der Waals surface area (Å²) in [5.41, 5.74) is 6.44. The van der Waals surface area contributed by atoms with E-state index in [0.29, 0.717) is 5.92 Å². The molecule has 0 aromatic carbocycles. The summed E-state index contributed by atoms with van der Waals surface area (Å²) in [6.07, 6.45) is 7.78. The zero-order valence-corrected chi connectivity index (χ0v) is 14.0. The van der Waals surface area contributed by atoms with E-state index in [9.17, 15) is 0 Å². The van der Waals surface area contributed by atoms with E-state index in [1.54, 1.807) is 11.3 Å². The van der Waals surface area contributed by atoms with Crippen LogP contribution in [0, 0.1) is 5.92 Å². The van der Waals surface area contributed by atoms with Gasteiger partial charge in [-0.25, -0.2) is 0 Å². The van der Waals surface area contributed by atoms with Crippen molar-refractivity contribution in [3.63, 3.8) is 0 Å². The highest BCUT2D eigenvalue weighted by atomic mass is 79.9. The second kappa shape index (κ2) is 7.77. The van der Waals surface area contributed by atoms with Gasteiger partial charge in [-0.2, -0.15) is 0 Å². The van der Waals surface area contributed by atoms with Gasteiger partial charge in [0.2, 0.25) is 0 Å². The second-order valence-electron chi connectivity index (χ2n) is 5.42. The zero-order valence-electron chi connectivity index (χ0n) is 11.6. The van der Waals surface area contributed by atoms with Crippen molar-refractivity contribution in [2.24, 2.45) is 11.7 Å². The molecule has 0 saturated heterocycles. The van der Waals surface area contributed by atoms with E-state index in [1.807, 2.05) is 0 Å². The van der Waals surface area contributed by atoms with E-state index in [0.717, 1.165) is 17.5 Å². The predicted octanol–water partition coefficient (Wildman–Crippen LogP) is 4.37. The molecule has 1 aliphatic rings. The van der Waals surface area contributed by atoms with Gasteiger partial charge >= 0.3 is 0 Å². The number of hydrogen-bond acceptors (Lipinski definition) is 3. The minimum Gasteiger partial charge on any atom is -0.377 e. The van der Waals surface area contributed by atoms with Crippen LogP contribution in [0.1, 0.15) is 43.9 Å². The molecule has 1 saturated carbocycles. The first-order chi connectivity index (χ1) is 9.20. The van der Waals surface area contributed by atoms with Crippen molar-refractivity contribution in [3.8, 4) is 0 Å². The third kappa shape index (κ3) is 4.55. The summed E-state index contributed by atoms with van der Waals surface area (Å²) in [4.78, 5) is 1.35. The molecule has 2 rings (SSSR count). The summed E-state index contributed by atoms with van der Waals surface area (Å²) < 4.78 is 7.15. The highest BCUT2D eigenvalue weighted by Crippen LogP contribution is 2.30. The van der Waals surface area contributed by atoms with E-state index in [-0.39, 0.29) is 12.1 Å². The van der Waals surface area contributed by atoms with Crippen molar-refractivity contribution >= 4 is 27.3 Å². The molecule has 1 heterocycles. The van der Waals surface area contributed by atoms with Gasteiger partial charge < -0.3 is 10.5 Å². The molecule has 0 radical (unpaired) electrons. The van der Waals surface area contributed by atoms with Crippen molar-refractivity contribution in [3.05, 3.63) is 20.8 Å². The Balaban J connectivity index is 1.96. The van der Waals surface area contributed by atoms with Crippen molar-refractivity contribution in [1.82, 2.24) is 0 Å². The van der Waals surface area contributed by atoms with Gasteiger partial charge in [0.25, 0.3) is 0 Å².